The standard InChI is InChI=1S/C15H11ClN4OS/c16-13-4-2-1-3-12(13)14-17-15(22)20(18-14)9-10-5-7-11(19-21)8-6-10/h1-8H,9H2,(H,17,18,22). The fraction of sp³-hybridized carbons (Fsp3) is 0.0667. The second kappa shape index (κ2) is 6.21. The van der Waals surface area contributed by atoms with Gasteiger partial charge in [-0.2, -0.15) is 4.98 Å². The highest BCUT2D eigenvalue weighted by atomic mass is 35.5. The number of nitrogens with one attached hydrogen (secondary N) is 1. The lowest BCUT2D eigenvalue weighted by Gasteiger charge is -2.03. The molecule has 0 bridgehead atoms. The molecule has 110 valence electrons. The van der Waals surface area contributed by atoms with Crippen LogP contribution in [0.1, 0.15) is 5.56 Å². The monoisotopic (exact) mass is 330 g/mol. The van der Waals surface area contributed by atoms with Gasteiger partial charge in [0.1, 0.15) is 5.69 Å². The number of halogens is 1. The van der Waals surface area contributed by atoms with Crippen molar-refractivity contribution in [1.82, 2.24) is 14.8 Å². The summed E-state index contributed by atoms with van der Waals surface area (Å²) in [6.07, 6.45) is 0. The summed E-state index contributed by atoms with van der Waals surface area (Å²) in [4.78, 5) is 14.8. The maximum absolute atomic E-state index is 10.4. The highest BCUT2D eigenvalue weighted by Crippen LogP contribution is 2.24. The average Bonchev–Trinajstić information content (AvgIpc) is 2.89. The van der Waals surface area contributed by atoms with Gasteiger partial charge in [0.25, 0.3) is 0 Å². The second-order valence-corrected chi connectivity index (χ2v) is 5.45. The number of hydrogen-bond acceptors (Lipinski definition) is 4. The summed E-state index contributed by atoms with van der Waals surface area (Å²) in [6.45, 7) is 0.523. The van der Waals surface area contributed by atoms with E-state index in [1.807, 2.05) is 30.3 Å². The van der Waals surface area contributed by atoms with Crippen molar-refractivity contribution in [2.75, 3.05) is 0 Å². The smallest absolute Gasteiger partial charge is 0.216 e. The van der Waals surface area contributed by atoms with E-state index < -0.39 is 0 Å². The van der Waals surface area contributed by atoms with Crippen LogP contribution in [-0.4, -0.2) is 14.8 Å². The molecule has 1 N–H and O–H groups in total. The van der Waals surface area contributed by atoms with E-state index in [1.165, 1.54) is 0 Å². The Morgan fingerprint density at radius 1 is 1.18 bits per heavy atom. The van der Waals surface area contributed by atoms with Gasteiger partial charge in [-0.25, -0.2) is 0 Å². The number of rotatable bonds is 4. The Hall–Kier alpha value is -2.31. The van der Waals surface area contributed by atoms with Crippen LogP contribution in [0, 0.1) is 9.68 Å². The SMILES string of the molecule is O=Nc1ccc(Cn2[nH]c(-c3ccccc3Cl)nc2=S)cc1. The minimum atomic E-state index is 0.397. The fourth-order valence-corrected chi connectivity index (χ4v) is 2.51. The van der Waals surface area contributed by atoms with Crippen molar-refractivity contribution in [2.45, 2.75) is 6.54 Å². The molecule has 3 aromatic rings. The zero-order valence-electron chi connectivity index (χ0n) is 11.4. The summed E-state index contributed by atoms with van der Waals surface area (Å²) < 4.78 is 2.18. The number of aromatic amines is 1. The average molecular weight is 331 g/mol. The van der Waals surface area contributed by atoms with Gasteiger partial charge in [0, 0.05) is 5.56 Å². The molecule has 7 heteroatoms. The van der Waals surface area contributed by atoms with Gasteiger partial charge >= 0.3 is 0 Å². The normalized spacial score (nSPS) is 10.6. The van der Waals surface area contributed by atoms with Gasteiger partial charge in [-0.15, -0.1) is 4.91 Å². The van der Waals surface area contributed by atoms with Crippen LogP contribution in [0.2, 0.25) is 5.02 Å². The van der Waals surface area contributed by atoms with Crippen molar-refractivity contribution < 1.29 is 0 Å². The summed E-state index contributed by atoms with van der Waals surface area (Å²) >= 11 is 11.4. The number of nitrogens with zero attached hydrogens (tertiary/aromatic N) is 3. The van der Waals surface area contributed by atoms with Crippen molar-refractivity contribution in [1.29, 1.82) is 0 Å². The highest BCUT2D eigenvalue weighted by molar-refractivity contribution is 7.71. The van der Waals surface area contributed by atoms with Gasteiger partial charge in [-0.1, -0.05) is 35.9 Å². The summed E-state index contributed by atoms with van der Waals surface area (Å²) in [7, 11) is 0. The van der Waals surface area contributed by atoms with Gasteiger partial charge in [0.05, 0.1) is 11.6 Å². The number of H-pyrrole nitrogens is 1. The van der Waals surface area contributed by atoms with Crippen molar-refractivity contribution in [2.24, 2.45) is 5.18 Å². The summed E-state index contributed by atoms with van der Waals surface area (Å²) in [5.74, 6) is 0.627. The van der Waals surface area contributed by atoms with Gasteiger partial charge < -0.3 is 0 Å². The largest absolute Gasteiger partial charge is 0.279 e. The van der Waals surface area contributed by atoms with E-state index in [-0.39, 0.29) is 0 Å². The molecule has 0 fully saturated rings. The van der Waals surface area contributed by atoms with Crippen molar-refractivity contribution >= 4 is 29.5 Å². The molecule has 0 aliphatic heterocycles. The Bertz CT molecular complexity index is 870. The Balaban J connectivity index is 1.91. The first-order valence-corrected chi connectivity index (χ1v) is 7.30. The molecule has 0 radical (unpaired) electrons. The van der Waals surface area contributed by atoms with Crippen LogP contribution in [0.25, 0.3) is 11.4 Å². The number of hydrogen-bond donors (Lipinski definition) is 1. The molecule has 0 spiro atoms. The predicted octanol–water partition coefficient (Wildman–Crippen LogP) is 4.71. The molecule has 0 amide bonds. The van der Waals surface area contributed by atoms with Gasteiger partial charge in [0.15, 0.2) is 5.82 Å². The first-order chi connectivity index (χ1) is 10.7. The van der Waals surface area contributed by atoms with E-state index in [0.717, 1.165) is 11.1 Å². The Morgan fingerprint density at radius 2 is 1.91 bits per heavy atom. The lowest BCUT2D eigenvalue weighted by molar-refractivity contribution is 0.677. The van der Waals surface area contributed by atoms with E-state index in [0.29, 0.717) is 27.9 Å². The van der Waals surface area contributed by atoms with Gasteiger partial charge in [0.2, 0.25) is 4.77 Å². The summed E-state index contributed by atoms with van der Waals surface area (Å²) in [6, 6.07) is 14.4. The molecule has 1 heterocycles. The Kier molecular flexibility index (Phi) is 4.13. The lowest BCUT2D eigenvalue weighted by Crippen LogP contribution is -2.01. The summed E-state index contributed by atoms with van der Waals surface area (Å²) in [5.41, 5.74) is 2.18. The third-order valence-corrected chi connectivity index (χ3v) is 3.83. The first-order valence-electron chi connectivity index (χ1n) is 6.51. The zero-order chi connectivity index (χ0) is 15.5. The van der Waals surface area contributed by atoms with Crippen LogP contribution >= 0.6 is 23.8 Å². The second-order valence-electron chi connectivity index (χ2n) is 4.68. The fourth-order valence-electron chi connectivity index (χ4n) is 2.08. The van der Waals surface area contributed by atoms with Crippen molar-refractivity contribution in [3.8, 4) is 11.4 Å². The maximum atomic E-state index is 10.4. The molecule has 22 heavy (non-hydrogen) atoms. The molecule has 0 saturated carbocycles. The van der Waals surface area contributed by atoms with Gasteiger partial charge in [-0.05, 0) is 47.2 Å². The van der Waals surface area contributed by atoms with E-state index in [9.17, 15) is 4.91 Å². The third-order valence-electron chi connectivity index (χ3n) is 3.19. The molecule has 2 aromatic carbocycles. The lowest BCUT2D eigenvalue weighted by atomic mass is 10.2. The van der Waals surface area contributed by atoms with Crippen LogP contribution in [0.5, 0.6) is 0 Å². The van der Waals surface area contributed by atoms with Crippen molar-refractivity contribution in [3.05, 3.63) is 68.8 Å². The van der Waals surface area contributed by atoms with Gasteiger partial charge in [-0.3, -0.25) is 9.78 Å². The van der Waals surface area contributed by atoms with Crippen LogP contribution in [0.15, 0.2) is 53.7 Å². The van der Waals surface area contributed by atoms with Crippen LogP contribution in [-0.2, 0) is 6.54 Å². The molecule has 0 aliphatic carbocycles. The molecule has 5 nitrogen and oxygen atoms in total. The molecule has 1 aromatic heterocycles. The third kappa shape index (κ3) is 2.98. The number of benzene rings is 2. The number of aromatic nitrogens is 3. The van der Waals surface area contributed by atoms with Crippen molar-refractivity contribution in [3.63, 3.8) is 0 Å². The maximum Gasteiger partial charge on any atom is 0.216 e. The molecule has 0 atom stereocenters. The number of nitroso groups, excluding NO2 is 1. The topological polar surface area (TPSA) is 63.0 Å². The first kappa shape index (κ1) is 14.6. The van der Waals surface area contributed by atoms with E-state index >= 15 is 0 Å². The van der Waals surface area contributed by atoms with E-state index in [4.69, 9.17) is 23.8 Å². The molecule has 0 aliphatic rings. The van der Waals surface area contributed by atoms with E-state index in [2.05, 4.69) is 15.3 Å². The minimum Gasteiger partial charge on any atom is -0.279 e. The molecular weight excluding hydrogens is 320 g/mol. The Labute approximate surface area is 136 Å². The van der Waals surface area contributed by atoms with Crippen LogP contribution < -0.4 is 0 Å². The van der Waals surface area contributed by atoms with E-state index in [1.54, 1.807) is 22.9 Å². The zero-order valence-corrected chi connectivity index (χ0v) is 12.9. The molecule has 0 saturated heterocycles. The molecule has 3 rings (SSSR count). The molecule has 0 unspecified atom stereocenters. The Morgan fingerprint density at radius 3 is 2.59 bits per heavy atom. The van der Waals surface area contributed by atoms with Crippen LogP contribution in [0.4, 0.5) is 5.69 Å². The highest BCUT2D eigenvalue weighted by Gasteiger charge is 2.08. The molecular formula is C15H11ClN4OS. The summed E-state index contributed by atoms with van der Waals surface area (Å²) in [5, 5.41) is 6.64. The predicted molar refractivity (Wildman–Crippen MR) is 88.9 cm³/mol. The quantitative estimate of drug-likeness (QED) is 0.556. The van der Waals surface area contributed by atoms with Crippen LogP contribution in [0.3, 0.4) is 0 Å². The minimum absolute atomic E-state index is 0.397.